The lowest BCUT2D eigenvalue weighted by molar-refractivity contribution is -0.385. The summed E-state index contributed by atoms with van der Waals surface area (Å²) in [6.07, 6.45) is 0. The van der Waals surface area contributed by atoms with Gasteiger partial charge in [-0.2, -0.15) is 0 Å². The first-order valence-electron chi connectivity index (χ1n) is 5.98. The van der Waals surface area contributed by atoms with Crippen LogP contribution in [0.3, 0.4) is 0 Å². The van der Waals surface area contributed by atoms with Gasteiger partial charge in [0.25, 0.3) is 11.6 Å². The van der Waals surface area contributed by atoms with E-state index in [-0.39, 0.29) is 16.3 Å². The van der Waals surface area contributed by atoms with Gasteiger partial charge in [0.1, 0.15) is 5.56 Å². The van der Waals surface area contributed by atoms with E-state index in [1.165, 1.54) is 18.2 Å². The van der Waals surface area contributed by atoms with E-state index in [1.54, 1.807) is 7.11 Å². The second kappa shape index (κ2) is 8.47. The molecule has 0 radical (unpaired) electrons. The molecule has 0 heterocycles. The van der Waals surface area contributed by atoms with Gasteiger partial charge < -0.3 is 15.4 Å². The van der Waals surface area contributed by atoms with Crippen LogP contribution in [0.1, 0.15) is 10.4 Å². The minimum Gasteiger partial charge on any atom is -0.383 e. The van der Waals surface area contributed by atoms with E-state index < -0.39 is 10.8 Å². The SMILES string of the molecule is COCCNCCNC(=O)c1c(Cl)cccc1[N+](=O)[O-]. The molecule has 1 rings (SSSR count). The molecule has 0 bridgehead atoms. The zero-order chi connectivity index (χ0) is 15.0. The summed E-state index contributed by atoms with van der Waals surface area (Å²) in [5, 5.41) is 16.5. The third kappa shape index (κ3) is 4.76. The number of benzene rings is 1. The summed E-state index contributed by atoms with van der Waals surface area (Å²) in [5.74, 6) is -0.559. The van der Waals surface area contributed by atoms with Crippen LogP contribution in [0.25, 0.3) is 0 Å². The van der Waals surface area contributed by atoms with E-state index >= 15 is 0 Å². The zero-order valence-electron chi connectivity index (χ0n) is 11.0. The number of rotatable bonds is 8. The highest BCUT2D eigenvalue weighted by Crippen LogP contribution is 2.25. The first-order chi connectivity index (χ1) is 9.57. The monoisotopic (exact) mass is 301 g/mol. The van der Waals surface area contributed by atoms with E-state index in [4.69, 9.17) is 16.3 Å². The summed E-state index contributed by atoms with van der Waals surface area (Å²) in [6.45, 7) is 2.11. The number of methoxy groups -OCH3 is 1. The Kier molecular flexibility index (Phi) is 6.92. The highest BCUT2D eigenvalue weighted by Gasteiger charge is 2.22. The standard InChI is InChI=1S/C12H16ClN3O4/c1-20-8-7-14-5-6-15-12(17)11-9(13)3-2-4-10(11)16(18)19/h2-4,14H,5-8H2,1H3,(H,15,17). The van der Waals surface area contributed by atoms with Crippen LogP contribution < -0.4 is 10.6 Å². The first kappa shape index (κ1) is 16.4. The fourth-order valence-electron chi connectivity index (χ4n) is 1.54. The Morgan fingerprint density at radius 2 is 2.15 bits per heavy atom. The van der Waals surface area contributed by atoms with Gasteiger partial charge in [0.15, 0.2) is 0 Å². The number of carbonyl (C=O) groups excluding carboxylic acids is 1. The minimum absolute atomic E-state index is 0.0593. The van der Waals surface area contributed by atoms with Gasteiger partial charge in [0.2, 0.25) is 0 Å². The van der Waals surface area contributed by atoms with E-state index in [2.05, 4.69) is 10.6 Å². The summed E-state index contributed by atoms with van der Waals surface area (Å²) in [4.78, 5) is 22.2. The largest absolute Gasteiger partial charge is 0.383 e. The van der Waals surface area contributed by atoms with Crippen molar-refractivity contribution < 1.29 is 14.5 Å². The molecule has 0 fully saturated rings. The molecule has 0 aliphatic heterocycles. The van der Waals surface area contributed by atoms with Crippen molar-refractivity contribution in [3.05, 3.63) is 38.9 Å². The van der Waals surface area contributed by atoms with Crippen LogP contribution >= 0.6 is 11.6 Å². The number of amides is 1. The maximum absolute atomic E-state index is 11.9. The molecule has 7 nitrogen and oxygen atoms in total. The highest BCUT2D eigenvalue weighted by molar-refractivity contribution is 6.34. The van der Waals surface area contributed by atoms with Gasteiger partial charge in [0, 0.05) is 32.8 Å². The van der Waals surface area contributed by atoms with Crippen molar-refractivity contribution in [3.8, 4) is 0 Å². The fourth-order valence-corrected chi connectivity index (χ4v) is 1.80. The molecule has 0 unspecified atom stereocenters. The van der Waals surface area contributed by atoms with Crippen molar-refractivity contribution in [2.45, 2.75) is 0 Å². The van der Waals surface area contributed by atoms with Crippen molar-refractivity contribution in [3.63, 3.8) is 0 Å². The van der Waals surface area contributed by atoms with Gasteiger partial charge >= 0.3 is 0 Å². The molecule has 0 saturated carbocycles. The second-order valence-corrected chi connectivity index (χ2v) is 4.30. The summed E-state index contributed by atoms with van der Waals surface area (Å²) in [5.41, 5.74) is -0.418. The third-order valence-electron chi connectivity index (χ3n) is 2.49. The van der Waals surface area contributed by atoms with E-state index in [0.717, 1.165) is 0 Å². The Balaban J connectivity index is 2.57. The Bertz CT molecular complexity index is 482. The summed E-state index contributed by atoms with van der Waals surface area (Å²) < 4.78 is 4.85. The summed E-state index contributed by atoms with van der Waals surface area (Å²) in [7, 11) is 1.60. The number of hydrogen-bond acceptors (Lipinski definition) is 5. The normalized spacial score (nSPS) is 10.3. The third-order valence-corrected chi connectivity index (χ3v) is 2.80. The molecule has 1 aromatic rings. The molecule has 1 aromatic carbocycles. The summed E-state index contributed by atoms with van der Waals surface area (Å²) >= 11 is 5.85. The molecule has 1 amide bonds. The van der Waals surface area contributed by atoms with Gasteiger partial charge in [-0.1, -0.05) is 17.7 Å². The Hall–Kier alpha value is -1.70. The quantitative estimate of drug-likeness (QED) is 0.428. The van der Waals surface area contributed by atoms with Crippen molar-refractivity contribution >= 4 is 23.2 Å². The lowest BCUT2D eigenvalue weighted by atomic mass is 10.1. The number of ether oxygens (including phenoxy) is 1. The van der Waals surface area contributed by atoms with E-state index in [1.807, 2.05) is 0 Å². The first-order valence-corrected chi connectivity index (χ1v) is 6.36. The maximum Gasteiger partial charge on any atom is 0.283 e. The smallest absolute Gasteiger partial charge is 0.283 e. The van der Waals surface area contributed by atoms with E-state index in [9.17, 15) is 14.9 Å². The average Bonchev–Trinajstić information content (AvgIpc) is 2.42. The molecular weight excluding hydrogens is 286 g/mol. The molecule has 110 valence electrons. The van der Waals surface area contributed by atoms with Crippen LogP contribution in [0.4, 0.5) is 5.69 Å². The number of nitro benzene ring substituents is 1. The number of carbonyl (C=O) groups is 1. The van der Waals surface area contributed by atoms with Crippen LogP contribution in [0.15, 0.2) is 18.2 Å². The predicted octanol–water partition coefficient (Wildman–Crippen LogP) is 1.21. The van der Waals surface area contributed by atoms with Gasteiger partial charge in [-0.3, -0.25) is 14.9 Å². The molecule has 8 heteroatoms. The molecule has 2 N–H and O–H groups in total. The fraction of sp³-hybridized carbons (Fsp3) is 0.417. The van der Waals surface area contributed by atoms with Gasteiger partial charge in [-0.15, -0.1) is 0 Å². The van der Waals surface area contributed by atoms with E-state index in [0.29, 0.717) is 26.2 Å². The minimum atomic E-state index is -0.627. The molecular formula is C12H16ClN3O4. The lowest BCUT2D eigenvalue weighted by Gasteiger charge is -2.08. The molecule has 0 atom stereocenters. The Morgan fingerprint density at radius 1 is 1.40 bits per heavy atom. The number of nitro groups is 1. The molecule has 0 aliphatic rings. The number of nitrogens with one attached hydrogen (secondary N) is 2. The van der Waals surface area contributed by atoms with Crippen LogP contribution in [0.2, 0.25) is 5.02 Å². The van der Waals surface area contributed by atoms with Crippen LogP contribution in [0, 0.1) is 10.1 Å². The van der Waals surface area contributed by atoms with Crippen molar-refractivity contribution in [1.29, 1.82) is 0 Å². The molecule has 0 spiro atoms. The molecule has 0 aromatic heterocycles. The number of nitrogens with zero attached hydrogens (tertiary/aromatic N) is 1. The van der Waals surface area contributed by atoms with Gasteiger partial charge in [-0.05, 0) is 6.07 Å². The predicted molar refractivity (Wildman–Crippen MR) is 75.2 cm³/mol. The van der Waals surface area contributed by atoms with Crippen molar-refractivity contribution in [2.24, 2.45) is 0 Å². The maximum atomic E-state index is 11.9. The second-order valence-electron chi connectivity index (χ2n) is 3.89. The average molecular weight is 302 g/mol. The van der Waals surface area contributed by atoms with Crippen LogP contribution in [-0.4, -0.2) is 44.2 Å². The molecule has 20 heavy (non-hydrogen) atoms. The summed E-state index contributed by atoms with van der Waals surface area (Å²) in [6, 6.07) is 4.13. The van der Waals surface area contributed by atoms with Gasteiger partial charge in [-0.25, -0.2) is 0 Å². The number of halogens is 1. The van der Waals surface area contributed by atoms with Crippen LogP contribution in [-0.2, 0) is 4.74 Å². The van der Waals surface area contributed by atoms with Crippen molar-refractivity contribution in [1.82, 2.24) is 10.6 Å². The molecule has 0 saturated heterocycles. The Morgan fingerprint density at radius 3 is 2.80 bits per heavy atom. The van der Waals surface area contributed by atoms with Crippen LogP contribution in [0.5, 0.6) is 0 Å². The molecule has 0 aliphatic carbocycles. The Labute approximate surface area is 121 Å². The van der Waals surface area contributed by atoms with Gasteiger partial charge in [0.05, 0.1) is 16.6 Å². The lowest BCUT2D eigenvalue weighted by Crippen LogP contribution is -2.33. The topological polar surface area (TPSA) is 93.5 Å². The highest BCUT2D eigenvalue weighted by atomic mass is 35.5. The zero-order valence-corrected chi connectivity index (χ0v) is 11.8. The number of hydrogen-bond donors (Lipinski definition) is 2. The van der Waals surface area contributed by atoms with Crippen molar-refractivity contribution in [2.75, 3.05) is 33.4 Å².